The molecule has 0 saturated heterocycles. The molecular weight excluding hydrogens is 269 g/mol. The zero-order chi connectivity index (χ0) is 15.5. The molecule has 0 aliphatic rings. The maximum atomic E-state index is 12.8. The van der Waals surface area contributed by atoms with Gasteiger partial charge in [0.05, 0.1) is 5.56 Å². The van der Waals surface area contributed by atoms with Crippen LogP contribution >= 0.6 is 0 Å². The first-order valence-corrected chi connectivity index (χ1v) is 6.50. The molecule has 3 nitrogen and oxygen atoms in total. The van der Waals surface area contributed by atoms with Crippen LogP contribution in [0.15, 0.2) is 18.2 Å². The van der Waals surface area contributed by atoms with E-state index in [0.29, 0.717) is 6.54 Å². The zero-order valence-corrected chi connectivity index (χ0v) is 11.8. The second-order valence-corrected chi connectivity index (χ2v) is 4.65. The SMILES string of the molecule is CCC(C)N(CC)C(=O)c1ccc(N)c(C(F)(F)F)c1. The highest BCUT2D eigenvalue weighted by molar-refractivity contribution is 5.95. The first kappa shape index (κ1) is 16.3. The molecule has 0 spiro atoms. The average Bonchev–Trinajstić information content (AvgIpc) is 2.38. The van der Waals surface area contributed by atoms with Crippen LogP contribution in [0.3, 0.4) is 0 Å². The highest BCUT2D eigenvalue weighted by atomic mass is 19.4. The molecule has 0 heterocycles. The lowest BCUT2D eigenvalue weighted by atomic mass is 10.1. The van der Waals surface area contributed by atoms with Crippen molar-refractivity contribution in [3.05, 3.63) is 29.3 Å². The Labute approximate surface area is 116 Å². The lowest BCUT2D eigenvalue weighted by molar-refractivity contribution is -0.136. The molecule has 6 heteroatoms. The Kier molecular flexibility index (Phi) is 5.03. The van der Waals surface area contributed by atoms with Crippen LogP contribution in [0.2, 0.25) is 0 Å². The van der Waals surface area contributed by atoms with Crippen molar-refractivity contribution in [1.82, 2.24) is 4.90 Å². The minimum Gasteiger partial charge on any atom is -0.398 e. The Balaban J connectivity index is 3.17. The number of nitrogen functional groups attached to an aromatic ring is 1. The lowest BCUT2D eigenvalue weighted by Crippen LogP contribution is -2.38. The number of benzene rings is 1. The van der Waals surface area contributed by atoms with E-state index in [1.54, 1.807) is 11.8 Å². The second-order valence-electron chi connectivity index (χ2n) is 4.65. The van der Waals surface area contributed by atoms with Crippen molar-refractivity contribution in [2.75, 3.05) is 12.3 Å². The van der Waals surface area contributed by atoms with E-state index >= 15 is 0 Å². The largest absolute Gasteiger partial charge is 0.418 e. The van der Waals surface area contributed by atoms with Gasteiger partial charge in [0, 0.05) is 23.8 Å². The molecule has 0 aliphatic heterocycles. The summed E-state index contributed by atoms with van der Waals surface area (Å²) in [6, 6.07) is 3.25. The molecule has 1 rings (SSSR count). The van der Waals surface area contributed by atoms with Crippen molar-refractivity contribution < 1.29 is 18.0 Å². The number of nitrogens with two attached hydrogens (primary N) is 1. The van der Waals surface area contributed by atoms with Gasteiger partial charge in [0.1, 0.15) is 0 Å². The zero-order valence-electron chi connectivity index (χ0n) is 11.8. The van der Waals surface area contributed by atoms with E-state index in [4.69, 9.17) is 5.73 Å². The van der Waals surface area contributed by atoms with Crippen LogP contribution in [0.4, 0.5) is 18.9 Å². The normalized spacial score (nSPS) is 13.1. The number of anilines is 1. The van der Waals surface area contributed by atoms with Crippen LogP contribution in [0.1, 0.15) is 43.1 Å². The number of hydrogen-bond acceptors (Lipinski definition) is 2. The predicted molar refractivity (Wildman–Crippen MR) is 72.3 cm³/mol. The Morgan fingerprint density at radius 3 is 2.40 bits per heavy atom. The van der Waals surface area contributed by atoms with Crippen molar-refractivity contribution in [2.45, 2.75) is 39.4 Å². The van der Waals surface area contributed by atoms with Gasteiger partial charge in [0.25, 0.3) is 5.91 Å². The van der Waals surface area contributed by atoms with Crippen LogP contribution in [0, 0.1) is 0 Å². The number of carbonyl (C=O) groups is 1. The molecule has 1 aromatic carbocycles. The number of nitrogens with zero attached hydrogens (tertiary/aromatic N) is 1. The van der Waals surface area contributed by atoms with E-state index in [1.165, 1.54) is 6.07 Å². The Hall–Kier alpha value is -1.72. The molecule has 0 aliphatic carbocycles. The van der Waals surface area contributed by atoms with Crippen molar-refractivity contribution in [1.29, 1.82) is 0 Å². The molecule has 0 bridgehead atoms. The van der Waals surface area contributed by atoms with E-state index in [-0.39, 0.29) is 17.3 Å². The molecule has 0 saturated carbocycles. The van der Waals surface area contributed by atoms with E-state index in [2.05, 4.69) is 0 Å². The van der Waals surface area contributed by atoms with Crippen LogP contribution in [-0.2, 0) is 6.18 Å². The summed E-state index contributed by atoms with van der Waals surface area (Å²) >= 11 is 0. The molecule has 1 unspecified atom stereocenters. The van der Waals surface area contributed by atoms with Crippen molar-refractivity contribution in [3.8, 4) is 0 Å². The molecule has 0 aromatic heterocycles. The summed E-state index contributed by atoms with van der Waals surface area (Å²) in [5.41, 5.74) is 3.99. The first-order valence-electron chi connectivity index (χ1n) is 6.50. The van der Waals surface area contributed by atoms with E-state index in [9.17, 15) is 18.0 Å². The maximum Gasteiger partial charge on any atom is 0.418 e. The topological polar surface area (TPSA) is 46.3 Å². The Morgan fingerprint density at radius 2 is 1.95 bits per heavy atom. The molecule has 0 fully saturated rings. The van der Waals surface area contributed by atoms with E-state index in [0.717, 1.165) is 18.6 Å². The Morgan fingerprint density at radius 1 is 1.35 bits per heavy atom. The smallest absolute Gasteiger partial charge is 0.398 e. The molecule has 0 radical (unpaired) electrons. The van der Waals surface area contributed by atoms with Gasteiger partial charge in [-0.3, -0.25) is 4.79 Å². The van der Waals surface area contributed by atoms with Crippen LogP contribution in [0.25, 0.3) is 0 Å². The van der Waals surface area contributed by atoms with E-state index < -0.39 is 17.6 Å². The van der Waals surface area contributed by atoms with Crippen LogP contribution < -0.4 is 5.73 Å². The average molecular weight is 288 g/mol. The summed E-state index contributed by atoms with van der Waals surface area (Å²) in [6.45, 7) is 6.03. The maximum absolute atomic E-state index is 12.8. The monoisotopic (exact) mass is 288 g/mol. The second kappa shape index (κ2) is 6.15. The molecule has 2 N–H and O–H groups in total. The summed E-state index contributed by atoms with van der Waals surface area (Å²) in [5, 5.41) is 0. The number of alkyl halides is 3. The number of amides is 1. The summed E-state index contributed by atoms with van der Waals surface area (Å²) in [6.07, 6.45) is -3.82. The van der Waals surface area contributed by atoms with Gasteiger partial charge in [-0.15, -0.1) is 0 Å². The fourth-order valence-electron chi connectivity index (χ4n) is 1.98. The number of hydrogen-bond donors (Lipinski definition) is 1. The fraction of sp³-hybridized carbons (Fsp3) is 0.500. The fourth-order valence-corrected chi connectivity index (χ4v) is 1.98. The third kappa shape index (κ3) is 3.43. The highest BCUT2D eigenvalue weighted by Gasteiger charge is 2.34. The summed E-state index contributed by atoms with van der Waals surface area (Å²) in [5.74, 6) is -0.410. The van der Waals surface area contributed by atoms with Gasteiger partial charge < -0.3 is 10.6 Å². The molecule has 1 amide bonds. The van der Waals surface area contributed by atoms with Gasteiger partial charge in [-0.25, -0.2) is 0 Å². The molecular formula is C14H19F3N2O. The van der Waals surface area contributed by atoms with Crippen molar-refractivity contribution in [2.24, 2.45) is 0 Å². The number of rotatable bonds is 4. The van der Waals surface area contributed by atoms with Gasteiger partial charge in [-0.1, -0.05) is 6.92 Å². The third-order valence-corrected chi connectivity index (χ3v) is 3.33. The quantitative estimate of drug-likeness (QED) is 0.861. The summed E-state index contributed by atoms with van der Waals surface area (Å²) in [7, 11) is 0. The third-order valence-electron chi connectivity index (χ3n) is 3.33. The van der Waals surface area contributed by atoms with Gasteiger partial charge in [-0.05, 0) is 38.5 Å². The lowest BCUT2D eigenvalue weighted by Gasteiger charge is -2.27. The number of halogens is 3. The van der Waals surface area contributed by atoms with Gasteiger partial charge >= 0.3 is 6.18 Å². The van der Waals surface area contributed by atoms with Gasteiger partial charge in [0.2, 0.25) is 0 Å². The molecule has 20 heavy (non-hydrogen) atoms. The highest BCUT2D eigenvalue weighted by Crippen LogP contribution is 2.34. The Bertz CT molecular complexity index is 486. The minimum atomic E-state index is -4.56. The van der Waals surface area contributed by atoms with Crippen molar-refractivity contribution >= 4 is 11.6 Å². The van der Waals surface area contributed by atoms with Gasteiger partial charge in [0.15, 0.2) is 0 Å². The predicted octanol–water partition coefficient (Wildman–Crippen LogP) is 3.55. The van der Waals surface area contributed by atoms with Gasteiger partial charge in [-0.2, -0.15) is 13.2 Å². The van der Waals surface area contributed by atoms with Crippen molar-refractivity contribution in [3.63, 3.8) is 0 Å². The molecule has 1 atom stereocenters. The molecule has 1 aromatic rings. The van der Waals surface area contributed by atoms with E-state index in [1.807, 2.05) is 13.8 Å². The van der Waals surface area contributed by atoms with Crippen LogP contribution in [-0.4, -0.2) is 23.4 Å². The minimum absolute atomic E-state index is 0.00803. The number of carbonyl (C=O) groups excluding carboxylic acids is 1. The standard InChI is InChI=1S/C14H19F3N2O/c1-4-9(3)19(5-2)13(20)10-6-7-12(18)11(8-10)14(15,16)17/h6-9H,4-5,18H2,1-3H3. The van der Waals surface area contributed by atoms with Crippen LogP contribution in [0.5, 0.6) is 0 Å². The molecule has 112 valence electrons. The summed E-state index contributed by atoms with van der Waals surface area (Å²) < 4.78 is 38.4. The first-order chi connectivity index (χ1) is 9.22. The summed E-state index contributed by atoms with van der Waals surface area (Å²) in [4.78, 5) is 13.8.